The van der Waals surface area contributed by atoms with Crippen molar-refractivity contribution in [3.8, 4) is 0 Å². The van der Waals surface area contributed by atoms with Crippen molar-refractivity contribution < 1.29 is 9.50 Å². The van der Waals surface area contributed by atoms with Crippen molar-refractivity contribution in [2.24, 2.45) is 0 Å². The molecule has 0 aliphatic carbocycles. The molecule has 0 aromatic heterocycles. The number of aliphatic hydroxyl groups excluding tert-OH is 1. The van der Waals surface area contributed by atoms with E-state index in [1.165, 1.54) is 11.6 Å². The summed E-state index contributed by atoms with van der Waals surface area (Å²) in [5, 5.41) is 10.4. The molecule has 21 heavy (non-hydrogen) atoms. The van der Waals surface area contributed by atoms with Crippen molar-refractivity contribution in [2.75, 3.05) is 0 Å². The molecule has 0 saturated carbocycles. The van der Waals surface area contributed by atoms with Crippen LogP contribution >= 0.6 is 15.9 Å². The lowest BCUT2D eigenvalue weighted by atomic mass is 9.81. The van der Waals surface area contributed by atoms with E-state index in [1.54, 1.807) is 12.1 Å². The third kappa shape index (κ3) is 3.35. The summed E-state index contributed by atoms with van der Waals surface area (Å²) in [5.41, 5.74) is 2.28. The van der Waals surface area contributed by atoms with Crippen LogP contribution in [-0.4, -0.2) is 5.11 Å². The molecule has 0 aliphatic heterocycles. The lowest BCUT2D eigenvalue weighted by molar-refractivity contribution is 0.214. The Kier molecular flexibility index (Phi) is 4.84. The van der Waals surface area contributed by atoms with E-state index in [0.29, 0.717) is 10.0 Å². The molecule has 1 nitrogen and oxygen atoms in total. The van der Waals surface area contributed by atoms with Gasteiger partial charge in [0.2, 0.25) is 0 Å². The van der Waals surface area contributed by atoms with Gasteiger partial charge in [-0.15, -0.1) is 0 Å². The van der Waals surface area contributed by atoms with E-state index in [0.717, 1.165) is 6.42 Å². The van der Waals surface area contributed by atoms with Crippen LogP contribution in [-0.2, 0) is 5.41 Å². The third-order valence-electron chi connectivity index (χ3n) is 4.16. The Hall–Kier alpha value is -1.19. The summed E-state index contributed by atoms with van der Waals surface area (Å²) in [4.78, 5) is 0. The first-order chi connectivity index (χ1) is 9.86. The predicted octanol–water partition coefficient (Wildman–Crippen LogP) is 5.36. The fourth-order valence-corrected chi connectivity index (χ4v) is 2.82. The Balaban J connectivity index is 2.35. The molecule has 1 atom stereocenters. The van der Waals surface area contributed by atoms with Gasteiger partial charge < -0.3 is 5.11 Å². The third-order valence-corrected chi connectivity index (χ3v) is 4.86. The van der Waals surface area contributed by atoms with Crippen LogP contribution in [0.5, 0.6) is 0 Å². The highest BCUT2D eigenvalue weighted by Gasteiger charge is 2.21. The summed E-state index contributed by atoms with van der Waals surface area (Å²) in [5.74, 6) is -0.408. The smallest absolute Gasteiger partial charge is 0.130 e. The number of rotatable bonds is 4. The number of hydrogen-bond acceptors (Lipinski definition) is 1. The Morgan fingerprint density at radius 1 is 1.14 bits per heavy atom. The molecule has 2 aromatic carbocycles. The van der Waals surface area contributed by atoms with Crippen LogP contribution in [0.4, 0.5) is 4.39 Å². The average Bonchev–Trinajstić information content (AvgIpc) is 2.47. The maximum Gasteiger partial charge on any atom is 0.130 e. The lowest BCUT2D eigenvalue weighted by Gasteiger charge is -2.24. The van der Waals surface area contributed by atoms with Gasteiger partial charge in [0, 0.05) is 10.0 Å². The molecular weight excluding hydrogens is 331 g/mol. The first kappa shape index (κ1) is 16.2. The van der Waals surface area contributed by atoms with Crippen molar-refractivity contribution in [2.45, 2.75) is 38.7 Å². The second-order valence-electron chi connectivity index (χ2n) is 5.90. The van der Waals surface area contributed by atoms with Gasteiger partial charge in [-0.05, 0) is 35.1 Å². The molecule has 3 heteroatoms. The average molecular weight is 351 g/mol. The maximum absolute atomic E-state index is 13.9. The summed E-state index contributed by atoms with van der Waals surface area (Å²) in [7, 11) is 0. The molecule has 0 amide bonds. The van der Waals surface area contributed by atoms with Gasteiger partial charge in [0.1, 0.15) is 11.9 Å². The monoisotopic (exact) mass is 350 g/mol. The zero-order valence-corrected chi connectivity index (χ0v) is 14.1. The largest absolute Gasteiger partial charge is 0.384 e. The highest BCUT2D eigenvalue weighted by molar-refractivity contribution is 9.10. The summed E-state index contributed by atoms with van der Waals surface area (Å²) in [6, 6.07) is 12.5. The second kappa shape index (κ2) is 6.29. The van der Waals surface area contributed by atoms with E-state index in [-0.39, 0.29) is 11.0 Å². The van der Waals surface area contributed by atoms with Crippen LogP contribution in [0.15, 0.2) is 46.9 Å². The summed E-state index contributed by atoms with van der Waals surface area (Å²) in [6.07, 6.45) is 0.0627. The second-order valence-corrected chi connectivity index (χ2v) is 6.75. The van der Waals surface area contributed by atoms with Crippen LogP contribution in [0.25, 0.3) is 0 Å². The highest BCUT2D eigenvalue weighted by atomic mass is 79.9. The van der Waals surface area contributed by atoms with Gasteiger partial charge in [0.25, 0.3) is 0 Å². The molecule has 112 valence electrons. The van der Waals surface area contributed by atoms with Gasteiger partial charge in [-0.2, -0.15) is 0 Å². The number of halogens is 2. The minimum absolute atomic E-state index is 0.0993. The van der Waals surface area contributed by atoms with Crippen molar-refractivity contribution in [3.63, 3.8) is 0 Å². The van der Waals surface area contributed by atoms with Crippen LogP contribution in [0.1, 0.15) is 50.0 Å². The molecular formula is C18H20BrFO. The zero-order valence-electron chi connectivity index (χ0n) is 12.5. The number of hydrogen-bond donors (Lipinski definition) is 1. The Labute approximate surface area is 134 Å². The van der Waals surface area contributed by atoms with Crippen molar-refractivity contribution in [1.82, 2.24) is 0 Å². The standard InChI is InChI=1S/C18H20BrFO/c1-4-18(2,3)13-10-8-12(9-11-13)17(21)16-14(19)6-5-7-15(16)20/h5-11,17,21H,4H2,1-3H3. The first-order valence-corrected chi connectivity index (χ1v) is 7.88. The van der Waals surface area contributed by atoms with E-state index in [9.17, 15) is 9.50 Å². The van der Waals surface area contributed by atoms with Gasteiger partial charge in [0.15, 0.2) is 0 Å². The molecule has 2 aromatic rings. The van der Waals surface area contributed by atoms with E-state index in [1.807, 2.05) is 24.3 Å². The van der Waals surface area contributed by atoms with Crippen LogP contribution < -0.4 is 0 Å². The van der Waals surface area contributed by atoms with E-state index < -0.39 is 11.9 Å². The molecule has 0 aliphatic rings. The molecule has 0 saturated heterocycles. The van der Waals surface area contributed by atoms with Crippen molar-refractivity contribution in [3.05, 3.63) is 69.4 Å². The van der Waals surface area contributed by atoms with Crippen LogP contribution in [0.2, 0.25) is 0 Å². The van der Waals surface area contributed by atoms with Gasteiger partial charge in [-0.1, -0.05) is 67.0 Å². The summed E-state index contributed by atoms with van der Waals surface area (Å²) < 4.78 is 14.5. The van der Waals surface area contributed by atoms with Crippen LogP contribution in [0, 0.1) is 5.82 Å². The minimum atomic E-state index is -0.973. The van der Waals surface area contributed by atoms with Gasteiger partial charge in [-0.3, -0.25) is 0 Å². The van der Waals surface area contributed by atoms with E-state index in [2.05, 4.69) is 36.7 Å². The molecule has 0 heterocycles. The first-order valence-electron chi connectivity index (χ1n) is 7.09. The summed E-state index contributed by atoms with van der Waals surface area (Å²) in [6.45, 7) is 6.52. The quantitative estimate of drug-likeness (QED) is 0.786. The Bertz CT molecular complexity index is 599. The predicted molar refractivity (Wildman–Crippen MR) is 87.9 cm³/mol. The number of aliphatic hydroxyl groups is 1. The normalized spacial score (nSPS) is 13.2. The molecule has 0 bridgehead atoms. The maximum atomic E-state index is 13.9. The van der Waals surface area contributed by atoms with Crippen molar-refractivity contribution in [1.29, 1.82) is 0 Å². The fraction of sp³-hybridized carbons (Fsp3) is 0.333. The molecule has 1 unspecified atom stereocenters. The topological polar surface area (TPSA) is 20.2 Å². The lowest BCUT2D eigenvalue weighted by Crippen LogP contribution is -2.15. The molecule has 0 radical (unpaired) electrons. The summed E-state index contributed by atoms with van der Waals surface area (Å²) >= 11 is 3.30. The zero-order chi connectivity index (χ0) is 15.6. The van der Waals surface area contributed by atoms with Crippen molar-refractivity contribution >= 4 is 15.9 Å². The Morgan fingerprint density at radius 3 is 2.29 bits per heavy atom. The molecule has 2 rings (SSSR count). The van der Waals surface area contributed by atoms with Crippen LogP contribution in [0.3, 0.4) is 0 Å². The van der Waals surface area contributed by atoms with Gasteiger partial charge in [-0.25, -0.2) is 4.39 Å². The Morgan fingerprint density at radius 2 is 1.76 bits per heavy atom. The highest BCUT2D eigenvalue weighted by Crippen LogP contribution is 2.32. The fourth-order valence-electron chi connectivity index (χ4n) is 2.26. The molecule has 0 fully saturated rings. The van der Waals surface area contributed by atoms with E-state index >= 15 is 0 Å². The number of benzene rings is 2. The molecule has 1 N–H and O–H groups in total. The molecule has 0 spiro atoms. The van der Waals surface area contributed by atoms with Gasteiger partial charge >= 0.3 is 0 Å². The SMILES string of the molecule is CCC(C)(C)c1ccc(C(O)c2c(F)cccc2Br)cc1. The van der Waals surface area contributed by atoms with Gasteiger partial charge in [0.05, 0.1) is 0 Å². The minimum Gasteiger partial charge on any atom is -0.384 e. The van der Waals surface area contributed by atoms with E-state index in [4.69, 9.17) is 0 Å².